The van der Waals surface area contributed by atoms with Crippen LogP contribution in [0.2, 0.25) is 0 Å². The maximum absolute atomic E-state index is 13.6. The Kier molecular flexibility index (Phi) is 4.32. The Labute approximate surface area is 162 Å². The molecule has 4 rings (SSSR count). The van der Waals surface area contributed by atoms with Gasteiger partial charge in [0.2, 0.25) is 0 Å². The summed E-state index contributed by atoms with van der Waals surface area (Å²) in [6.07, 6.45) is 1.70. The Morgan fingerprint density at radius 2 is 1.61 bits per heavy atom. The van der Waals surface area contributed by atoms with Gasteiger partial charge in [-0.05, 0) is 58.4 Å². The Morgan fingerprint density at radius 1 is 1.00 bits per heavy atom. The minimum absolute atomic E-state index is 0.283. The van der Waals surface area contributed by atoms with E-state index in [9.17, 15) is 8.78 Å². The van der Waals surface area contributed by atoms with Crippen molar-refractivity contribution >= 4 is 23.7 Å². The van der Waals surface area contributed by atoms with Crippen LogP contribution in [0.4, 0.5) is 8.78 Å². The zero-order valence-corrected chi connectivity index (χ0v) is 16.6. The summed E-state index contributed by atoms with van der Waals surface area (Å²) < 4.78 is 41.2. The molecule has 28 heavy (non-hydrogen) atoms. The van der Waals surface area contributed by atoms with Gasteiger partial charge >= 0.3 is 7.12 Å². The summed E-state index contributed by atoms with van der Waals surface area (Å²) in [5.74, 6) is -0.501. The second kappa shape index (κ2) is 6.35. The molecular formula is C20H22BF2N3O2. The monoisotopic (exact) mass is 385 g/mol. The molecule has 1 aliphatic rings. The Hall–Kier alpha value is -2.32. The second-order valence-corrected chi connectivity index (χ2v) is 8.22. The molecule has 3 aromatic rings. The van der Waals surface area contributed by atoms with Gasteiger partial charge in [0.1, 0.15) is 17.5 Å². The van der Waals surface area contributed by atoms with E-state index in [0.29, 0.717) is 17.0 Å². The summed E-state index contributed by atoms with van der Waals surface area (Å²) >= 11 is 0. The molecular weight excluding hydrogens is 363 g/mol. The lowest BCUT2D eigenvalue weighted by atomic mass is 9.80. The van der Waals surface area contributed by atoms with Gasteiger partial charge in [0, 0.05) is 24.3 Å². The first-order chi connectivity index (χ1) is 13.1. The number of fused-ring (bicyclic) bond motifs is 1. The average Bonchev–Trinajstić information content (AvgIpc) is 2.99. The number of pyridine rings is 1. The molecule has 0 aliphatic carbocycles. The molecule has 1 aromatic carbocycles. The molecule has 146 valence electrons. The van der Waals surface area contributed by atoms with E-state index in [4.69, 9.17) is 9.31 Å². The highest BCUT2D eigenvalue weighted by Crippen LogP contribution is 2.36. The Bertz CT molecular complexity index is 1030. The number of aromatic nitrogens is 3. The predicted molar refractivity (Wildman–Crippen MR) is 103 cm³/mol. The highest BCUT2D eigenvalue weighted by molar-refractivity contribution is 6.62. The summed E-state index contributed by atoms with van der Waals surface area (Å²) in [5, 5.41) is 0. The van der Waals surface area contributed by atoms with Gasteiger partial charge < -0.3 is 13.9 Å². The quantitative estimate of drug-likeness (QED) is 0.649. The van der Waals surface area contributed by atoms with Gasteiger partial charge in [-0.3, -0.25) is 0 Å². The number of rotatable bonds is 3. The van der Waals surface area contributed by atoms with Gasteiger partial charge in [0.15, 0.2) is 5.65 Å². The van der Waals surface area contributed by atoms with Crippen LogP contribution >= 0.6 is 0 Å². The van der Waals surface area contributed by atoms with Gasteiger partial charge in [0.25, 0.3) is 0 Å². The first kappa shape index (κ1) is 19.0. The van der Waals surface area contributed by atoms with E-state index in [2.05, 4.69) is 9.97 Å². The SMILES string of the molecule is Cc1nc2ncc(B3OC(C)(C)C(C)(C)O3)cc2n1Cc1cc(F)cc(F)c1. The third kappa shape index (κ3) is 3.20. The molecule has 0 spiro atoms. The van der Waals surface area contributed by atoms with Crippen LogP contribution in [0.15, 0.2) is 30.5 Å². The highest BCUT2D eigenvalue weighted by Gasteiger charge is 2.51. The second-order valence-electron chi connectivity index (χ2n) is 8.22. The summed E-state index contributed by atoms with van der Waals surface area (Å²) in [6.45, 7) is 10.1. The maximum atomic E-state index is 13.6. The molecule has 0 unspecified atom stereocenters. The van der Waals surface area contributed by atoms with Gasteiger partial charge in [-0.15, -0.1) is 0 Å². The lowest BCUT2D eigenvalue weighted by Crippen LogP contribution is -2.41. The van der Waals surface area contributed by atoms with Crippen LogP contribution in [-0.4, -0.2) is 32.9 Å². The van der Waals surface area contributed by atoms with Crippen molar-refractivity contribution in [3.63, 3.8) is 0 Å². The number of nitrogens with zero attached hydrogens (tertiary/aromatic N) is 3. The largest absolute Gasteiger partial charge is 0.496 e. The Morgan fingerprint density at radius 3 is 2.21 bits per heavy atom. The molecule has 0 N–H and O–H groups in total. The predicted octanol–water partition coefficient (Wildman–Crippen LogP) is 3.37. The van der Waals surface area contributed by atoms with E-state index in [-0.39, 0.29) is 6.54 Å². The van der Waals surface area contributed by atoms with Crippen molar-refractivity contribution in [3.8, 4) is 0 Å². The van der Waals surface area contributed by atoms with E-state index in [0.717, 1.165) is 17.0 Å². The number of aryl methyl sites for hydroxylation is 1. The van der Waals surface area contributed by atoms with Crippen LogP contribution in [0.3, 0.4) is 0 Å². The van der Waals surface area contributed by atoms with E-state index >= 15 is 0 Å². The molecule has 0 radical (unpaired) electrons. The third-order valence-electron chi connectivity index (χ3n) is 5.61. The zero-order valence-electron chi connectivity index (χ0n) is 16.6. The summed E-state index contributed by atoms with van der Waals surface area (Å²) in [5.41, 5.74) is 1.70. The van der Waals surface area contributed by atoms with Crippen molar-refractivity contribution in [1.82, 2.24) is 14.5 Å². The van der Waals surface area contributed by atoms with Gasteiger partial charge in [-0.25, -0.2) is 18.7 Å². The van der Waals surface area contributed by atoms with Crippen molar-refractivity contribution < 1.29 is 18.1 Å². The van der Waals surface area contributed by atoms with Gasteiger partial charge in [0.05, 0.1) is 16.7 Å². The number of halogens is 2. The Balaban J connectivity index is 1.73. The smallest absolute Gasteiger partial charge is 0.399 e. The van der Waals surface area contributed by atoms with Crippen molar-refractivity contribution in [2.45, 2.75) is 52.4 Å². The molecule has 0 saturated carbocycles. The molecule has 0 bridgehead atoms. The normalized spacial score (nSPS) is 18.2. The van der Waals surface area contributed by atoms with Crippen LogP contribution in [0.25, 0.3) is 11.2 Å². The van der Waals surface area contributed by atoms with Gasteiger partial charge in [-0.2, -0.15) is 0 Å². The van der Waals surface area contributed by atoms with Crippen molar-refractivity contribution in [2.75, 3.05) is 0 Å². The zero-order chi connectivity index (χ0) is 20.3. The van der Waals surface area contributed by atoms with E-state index in [1.54, 1.807) is 6.20 Å². The van der Waals surface area contributed by atoms with Crippen LogP contribution in [0.1, 0.15) is 39.1 Å². The number of benzene rings is 1. The number of imidazole rings is 1. The van der Waals surface area contributed by atoms with Crippen LogP contribution in [0, 0.1) is 18.6 Å². The fourth-order valence-corrected chi connectivity index (χ4v) is 3.33. The molecule has 0 amide bonds. The topological polar surface area (TPSA) is 49.2 Å². The summed E-state index contributed by atoms with van der Waals surface area (Å²) in [6, 6.07) is 5.42. The lowest BCUT2D eigenvalue weighted by molar-refractivity contribution is 0.00578. The first-order valence-corrected chi connectivity index (χ1v) is 9.19. The van der Waals surface area contributed by atoms with E-state index in [1.807, 2.05) is 45.3 Å². The molecule has 5 nitrogen and oxygen atoms in total. The molecule has 2 aromatic heterocycles. The first-order valence-electron chi connectivity index (χ1n) is 9.19. The fourth-order valence-electron chi connectivity index (χ4n) is 3.33. The summed E-state index contributed by atoms with van der Waals surface area (Å²) in [7, 11) is -0.544. The average molecular weight is 385 g/mol. The molecule has 0 atom stereocenters. The van der Waals surface area contributed by atoms with Crippen molar-refractivity contribution in [2.24, 2.45) is 0 Å². The van der Waals surface area contributed by atoms with Crippen LogP contribution in [-0.2, 0) is 15.9 Å². The lowest BCUT2D eigenvalue weighted by Gasteiger charge is -2.32. The van der Waals surface area contributed by atoms with Gasteiger partial charge in [-0.1, -0.05) is 0 Å². The standard InChI is InChI=1S/C20H22BF2N3O2/c1-12-25-18-17(26(12)11-13-6-15(22)9-16(23)7-13)8-14(10-24-18)21-27-19(2,3)20(4,5)28-21/h6-10H,11H2,1-5H3. The minimum atomic E-state index is -0.604. The molecule has 8 heteroatoms. The van der Waals surface area contributed by atoms with E-state index in [1.165, 1.54) is 12.1 Å². The van der Waals surface area contributed by atoms with Crippen molar-refractivity contribution in [1.29, 1.82) is 0 Å². The van der Waals surface area contributed by atoms with Crippen LogP contribution < -0.4 is 5.46 Å². The molecule has 3 heterocycles. The minimum Gasteiger partial charge on any atom is -0.399 e. The number of hydrogen-bond donors (Lipinski definition) is 0. The van der Waals surface area contributed by atoms with Crippen molar-refractivity contribution in [3.05, 3.63) is 53.5 Å². The highest BCUT2D eigenvalue weighted by atomic mass is 19.1. The third-order valence-corrected chi connectivity index (χ3v) is 5.61. The molecule has 1 saturated heterocycles. The molecule has 1 fully saturated rings. The fraction of sp³-hybridized carbons (Fsp3) is 0.400. The number of hydrogen-bond acceptors (Lipinski definition) is 4. The van der Waals surface area contributed by atoms with E-state index < -0.39 is 30.0 Å². The maximum Gasteiger partial charge on any atom is 0.496 e. The van der Waals surface area contributed by atoms with Crippen LogP contribution in [0.5, 0.6) is 0 Å². The molecule has 1 aliphatic heterocycles. The summed E-state index contributed by atoms with van der Waals surface area (Å²) in [4.78, 5) is 8.90.